The molecule has 0 radical (unpaired) electrons. The zero-order chi connectivity index (χ0) is 21.5. The molecule has 0 spiro atoms. The molecule has 0 aromatic carbocycles. The number of sulfone groups is 1. The van der Waals surface area contributed by atoms with Gasteiger partial charge in [-0.05, 0) is 31.4 Å². The predicted molar refractivity (Wildman–Crippen MR) is 109 cm³/mol. The Morgan fingerprint density at radius 2 is 2.00 bits per heavy atom. The second-order valence-electron chi connectivity index (χ2n) is 7.68. The average molecular weight is 461 g/mol. The fourth-order valence-electron chi connectivity index (χ4n) is 4.35. The highest BCUT2D eigenvalue weighted by molar-refractivity contribution is 7.91. The zero-order valence-corrected chi connectivity index (χ0v) is 18.5. The van der Waals surface area contributed by atoms with Gasteiger partial charge in [0.1, 0.15) is 17.0 Å². The van der Waals surface area contributed by atoms with E-state index in [1.807, 2.05) is 4.90 Å². The quantitative estimate of drug-likeness (QED) is 0.614. The van der Waals surface area contributed by atoms with Crippen LogP contribution >= 0.6 is 11.6 Å². The Balaban J connectivity index is 1.75. The van der Waals surface area contributed by atoms with E-state index >= 15 is 0 Å². The number of halogens is 1. The Kier molecular flexibility index (Phi) is 5.71. The van der Waals surface area contributed by atoms with Gasteiger partial charge in [0.2, 0.25) is 5.28 Å². The number of amides is 1. The Bertz CT molecular complexity index is 935. The predicted octanol–water partition coefficient (Wildman–Crippen LogP) is 1.22. The van der Waals surface area contributed by atoms with E-state index in [9.17, 15) is 13.2 Å². The summed E-state index contributed by atoms with van der Waals surface area (Å²) in [5.74, 6) is 0.855. The van der Waals surface area contributed by atoms with E-state index in [0.717, 1.165) is 0 Å². The SMILES string of the molecule is CCOC(=O)N1CCC(c2nc(Cl)nc3c2OC[C@@H]2COCCN32)(S(C)(=O)=O)CC1. The molecule has 12 heteroatoms. The number of aromatic nitrogens is 2. The average Bonchev–Trinajstić information content (AvgIpc) is 2.72. The van der Waals surface area contributed by atoms with Crippen LogP contribution in [0, 0.1) is 0 Å². The van der Waals surface area contributed by atoms with Crippen LogP contribution in [-0.4, -0.2) is 87.7 Å². The summed E-state index contributed by atoms with van der Waals surface area (Å²) >= 11 is 6.25. The summed E-state index contributed by atoms with van der Waals surface area (Å²) in [6.45, 7) is 4.44. The summed E-state index contributed by atoms with van der Waals surface area (Å²) in [7, 11) is -3.63. The second-order valence-corrected chi connectivity index (χ2v) is 10.3. The van der Waals surface area contributed by atoms with Gasteiger partial charge in [-0.25, -0.2) is 18.2 Å². The van der Waals surface area contributed by atoms with Gasteiger partial charge in [-0.1, -0.05) is 0 Å². The number of hydrogen-bond acceptors (Lipinski definition) is 9. The molecule has 3 aliphatic heterocycles. The van der Waals surface area contributed by atoms with Crippen molar-refractivity contribution in [2.45, 2.75) is 30.6 Å². The van der Waals surface area contributed by atoms with Gasteiger partial charge in [0.15, 0.2) is 21.4 Å². The smallest absolute Gasteiger partial charge is 0.409 e. The topological polar surface area (TPSA) is 111 Å². The molecule has 4 rings (SSSR count). The molecular formula is C18H25ClN4O6S. The first-order valence-electron chi connectivity index (χ1n) is 9.93. The first kappa shape index (κ1) is 21.4. The number of morpholine rings is 1. The standard InChI is InChI=1S/C18H25ClN4O6S/c1-3-28-17(24)22-6-4-18(5-7-22,30(2,25)26)14-13-15(21-16(19)20-14)23-8-9-27-10-12(23)11-29-13/h12H,3-11H2,1-2H3/t12-/m0/s1. The summed E-state index contributed by atoms with van der Waals surface area (Å²) < 4.78 is 41.4. The summed E-state index contributed by atoms with van der Waals surface area (Å²) in [5.41, 5.74) is 0.272. The molecule has 0 bridgehead atoms. The second kappa shape index (κ2) is 8.01. The van der Waals surface area contributed by atoms with Crippen LogP contribution in [0.3, 0.4) is 0 Å². The number of hydrogen-bond donors (Lipinski definition) is 0. The first-order chi connectivity index (χ1) is 14.3. The van der Waals surface area contributed by atoms with Crippen molar-refractivity contribution in [1.82, 2.24) is 14.9 Å². The van der Waals surface area contributed by atoms with Gasteiger partial charge in [0.25, 0.3) is 0 Å². The maximum absolute atomic E-state index is 13.1. The van der Waals surface area contributed by atoms with E-state index in [4.69, 9.17) is 25.8 Å². The molecule has 0 N–H and O–H groups in total. The summed E-state index contributed by atoms with van der Waals surface area (Å²) in [6, 6.07) is -0.00934. The number of carbonyl (C=O) groups excluding carboxylic acids is 1. The van der Waals surface area contributed by atoms with Crippen LogP contribution in [0.5, 0.6) is 5.75 Å². The van der Waals surface area contributed by atoms with Crippen molar-refractivity contribution in [3.8, 4) is 5.75 Å². The van der Waals surface area contributed by atoms with Crippen LogP contribution < -0.4 is 9.64 Å². The number of nitrogens with zero attached hydrogens (tertiary/aromatic N) is 4. The van der Waals surface area contributed by atoms with Gasteiger partial charge < -0.3 is 24.0 Å². The monoisotopic (exact) mass is 460 g/mol. The molecule has 0 aliphatic carbocycles. The third kappa shape index (κ3) is 3.56. The lowest BCUT2D eigenvalue weighted by molar-refractivity contribution is 0.0685. The number of piperidine rings is 1. The van der Waals surface area contributed by atoms with Crippen LogP contribution in [0.1, 0.15) is 25.5 Å². The minimum Gasteiger partial charge on any atom is -0.486 e. The maximum atomic E-state index is 13.1. The van der Waals surface area contributed by atoms with E-state index in [-0.39, 0.29) is 49.6 Å². The normalized spacial score (nSPS) is 23.2. The number of likely N-dealkylation sites (tertiary alicyclic amines) is 1. The van der Waals surface area contributed by atoms with E-state index in [1.54, 1.807) is 6.92 Å². The zero-order valence-electron chi connectivity index (χ0n) is 17.0. The van der Waals surface area contributed by atoms with Crippen LogP contribution in [-0.2, 0) is 24.1 Å². The fraction of sp³-hybridized carbons (Fsp3) is 0.722. The first-order valence-corrected chi connectivity index (χ1v) is 12.2. The molecule has 1 atom stereocenters. The molecule has 166 valence electrons. The van der Waals surface area contributed by atoms with Crippen molar-refractivity contribution in [1.29, 1.82) is 0 Å². The molecule has 30 heavy (non-hydrogen) atoms. The molecule has 3 aliphatic rings. The minimum atomic E-state index is -3.63. The van der Waals surface area contributed by atoms with Gasteiger partial charge in [0.05, 0.1) is 25.9 Å². The number of rotatable bonds is 3. The van der Waals surface area contributed by atoms with E-state index in [2.05, 4.69) is 9.97 Å². The number of carbonyl (C=O) groups is 1. The molecule has 1 aromatic rings. The Morgan fingerprint density at radius 1 is 1.27 bits per heavy atom. The van der Waals surface area contributed by atoms with Crippen LogP contribution in [0.15, 0.2) is 0 Å². The van der Waals surface area contributed by atoms with Gasteiger partial charge in [-0.2, -0.15) is 4.98 Å². The Morgan fingerprint density at radius 3 is 2.67 bits per heavy atom. The largest absolute Gasteiger partial charge is 0.486 e. The van der Waals surface area contributed by atoms with Gasteiger partial charge in [-0.3, -0.25) is 0 Å². The molecule has 0 saturated carbocycles. The molecule has 0 unspecified atom stereocenters. The molecule has 2 fully saturated rings. The van der Waals surface area contributed by atoms with Gasteiger partial charge in [0, 0.05) is 25.9 Å². The Hall–Kier alpha value is -1.85. The maximum Gasteiger partial charge on any atom is 0.409 e. The fourth-order valence-corrected chi connectivity index (χ4v) is 5.93. The molecule has 4 heterocycles. The minimum absolute atomic E-state index is 0.00934. The van der Waals surface area contributed by atoms with E-state index in [1.165, 1.54) is 11.2 Å². The van der Waals surface area contributed by atoms with E-state index in [0.29, 0.717) is 37.9 Å². The highest BCUT2D eigenvalue weighted by atomic mass is 35.5. The summed E-state index contributed by atoms with van der Waals surface area (Å²) in [4.78, 5) is 24.4. The third-order valence-electron chi connectivity index (χ3n) is 5.98. The summed E-state index contributed by atoms with van der Waals surface area (Å²) in [6.07, 6.45) is 1.07. The van der Waals surface area contributed by atoms with E-state index < -0.39 is 20.7 Å². The van der Waals surface area contributed by atoms with Crippen LogP contribution in [0.25, 0.3) is 0 Å². The van der Waals surface area contributed by atoms with Crippen molar-refractivity contribution >= 4 is 33.3 Å². The van der Waals surface area contributed by atoms with Crippen molar-refractivity contribution in [3.05, 3.63) is 11.0 Å². The molecular weight excluding hydrogens is 436 g/mol. The number of ether oxygens (including phenoxy) is 3. The van der Waals surface area contributed by atoms with Crippen LogP contribution in [0.2, 0.25) is 5.28 Å². The lowest BCUT2D eigenvalue weighted by atomic mass is 9.91. The molecule has 10 nitrogen and oxygen atoms in total. The van der Waals surface area contributed by atoms with Crippen molar-refractivity contribution in [3.63, 3.8) is 0 Å². The van der Waals surface area contributed by atoms with Gasteiger partial charge in [-0.15, -0.1) is 0 Å². The summed E-state index contributed by atoms with van der Waals surface area (Å²) in [5, 5.41) is -0.0321. The lowest BCUT2D eigenvalue weighted by Crippen LogP contribution is -2.53. The van der Waals surface area contributed by atoms with Crippen LogP contribution in [0.4, 0.5) is 10.6 Å². The molecule has 1 amide bonds. The number of anilines is 1. The lowest BCUT2D eigenvalue weighted by Gasteiger charge is -2.44. The van der Waals surface area contributed by atoms with Crippen molar-refractivity contribution in [2.24, 2.45) is 0 Å². The Labute approximate surface area is 180 Å². The third-order valence-corrected chi connectivity index (χ3v) is 8.17. The number of fused-ring (bicyclic) bond motifs is 3. The van der Waals surface area contributed by atoms with Crippen molar-refractivity contribution in [2.75, 3.05) is 57.2 Å². The van der Waals surface area contributed by atoms with Crippen molar-refractivity contribution < 1.29 is 27.4 Å². The highest BCUT2D eigenvalue weighted by Crippen LogP contribution is 2.48. The molecule has 2 saturated heterocycles. The highest BCUT2D eigenvalue weighted by Gasteiger charge is 2.51. The van der Waals surface area contributed by atoms with Gasteiger partial charge >= 0.3 is 6.09 Å². The molecule has 1 aromatic heterocycles.